The molecule has 0 radical (unpaired) electrons. The fourth-order valence-electron chi connectivity index (χ4n) is 3.92. The number of hydrogen-bond donors (Lipinski definition) is 0. The largest absolute Gasteiger partial charge is 0.369 e. The van der Waals surface area contributed by atoms with E-state index >= 15 is 0 Å². The lowest BCUT2D eigenvalue weighted by Crippen LogP contribution is -2.38. The zero-order valence-electron chi connectivity index (χ0n) is 17.6. The summed E-state index contributed by atoms with van der Waals surface area (Å²) in [5.41, 5.74) is 7.18. The second-order valence-electron chi connectivity index (χ2n) is 7.85. The van der Waals surface area contributed by atoms with Gasteiger partial charge in [-0.25, -0.2) is 0 Å². The molecule has 3 aromatic rings. The molecule has 1 fully saturated rings. The Morgan fingerprint density at radius 2 is 1.93 bits per heavy atom. The molecule has 1 aromatic carbocycles. The Hall–Kier alpha value is -2.50. The summed E-state index contributed by atoms with van der Waals surface area (Å²) in [6.45, 7) is 10.7. The first kappa shape index (κ1) is 19.8. The summed E-state index contributed by atoms with van der Waals surface area (Å²) in [6, 6.07) is 14.8. The van der Waals surface area contributed by atoms with Gasteiger partial charge in [-0.2, -0.15) is 5.10 Å². The van der Waals surface area contributed by atoms with Crippen LogP contribution in [0, 0.1) is 13.8 Å². The van der Waals surface area contributed by atoms with Crippen molar-refractivity contribution in [3.63, 3.8) is 0 Å². The monoisotopic (exact) mass is 390 g/mol. The van der Waals surface area contributed by atoms with Gasteiger partial charge in [-0.1, -0.05) is 30.3 Å². The van der Waals surface area contributed by atoms with Gasteiger partial charge in [-0.15, -0.1) is 0 Å². The van der Waals surface area contributed by atoms with Crippen LogP contribution in [0.3, 0.4) is 0 Å². The van der Waals surface area contributed by atoms with E-state index < -0.39 is 0 Å². The molecular weight excluding hydrogens is 360 g/mol. The molecule has 0 spiro atoms. The van der Waals surface area contributed by atoms with Gasteiger partial charge in [0.1, 0.15) is 6.10 Å². The summed E-state index contributed by atoms with van der Waals surface area (Å²) in [4.78, 5) is 7.39. The molecule has 0 saturated carbocycles. The fraction of sp³-hybridized carbons (Fsp3) is 0.417. The van der Waals surface area contributed by atoms with Gasteiger partial charge < -0.3 is 4.74 Å². The number of nitrogens with zero attached hydrogens (tertiary/aromatic N) is 4. The Labute approximate surface area is 173 Å². The van der Waals surface area contributed by atoms with Gasteiger partial charge in [0.2, 0.25) is 0 Å². The van der Waals surface area contributed by atoms with Crippen LogP contribution < -0.4 is 0 Å². The van der Waals surface area contributed by atoms with Crippen molar-refractivity contribution in [3.05, 3.63) is 82.4 Å². The number of aromatic nitrogens is 3. The summed E-state index contributed by atoms with van der Waals surface area (Å²) in [7, 11) is 0. The van der Waals surface area contributed by atoms with Gasteiger partial charge in [0.25, 0.3) is 0 Å². The van der Waals surface area contributed by atoms with Crippen LogP contribution >= 0.6 is 0 Å². The van der Waals surface area contributed by atoms with Crippen LogP contribution in [0.15, 0.2) is 48.7 Å². The van der Waals surface area contributed by atoms with Crippen LogP contribution in [0.1, 0.15) is 46.8 Å². The Kier molecular flexibility index (Phi) is 6.07. The zero-order valence-corrected chi connectivity index (χ0v) is 17.6. The molecule has 2 aromatic heterocycles. The standard InChI is InChI=1S/C24H30N4O/c1-4-28-16-21(19(3)26-28)15-27-12-13-29-24(17-27)23-11-7-10-22(25-23)14-20-9-6-5-8-18(20)2/h5-11,16,24H,4,12-15,17H2,1-3H3. The Bertz CT molecular complexity index is 965. The maximum absolute atomic E-state index is 6.09. The first-order chi connectivity index (χ1) is 14.1. The minimum absolute atomic E-state index is 0.0158. The number of pyridine rings is 1. The smallest absolute Gasteiger partial charge is 0.112 e. The van der Waals surface area contributed by atoms with E-state index in [9.17, 15) is 0 Å². The minimum atomic E-state index is 0.0158. The third kappa shape index (κ3) is 4.74. The van der Waals surface area contributed by atoms with Crippen LogP contribution in [0.5, 0.6) is 0 Å². The summed E-state index contributed by atoms with van der Waals surface area (Å²) < 4.78 is 8.11. The van der Waals surface area contributed by atoms with E-state index in [0.29, 0.717) is 0 Å². The van der Waals surface area contributed by atoms with Gasteiger partial charge in [0.05, 0.1) is 18.0 Å². The van der Waals surface area contributed by atoms with Crippen molar-refractivity contribution < 1.29 is 4.74 Å². The summed E-state index contributed by atoms with van der Waals surface area (Å²) >= 11 is 0. The summed E-state index contributed by atoms with van der Waals surface area (Å²) in [5.74, 6) is 0. The maximum atomic E-state index is 6.09. The molecule has 1 aliphatic heterocycles. The lowest BCUT2D eigenvalue weighted by Gasteiger charge is -2.32. The number of rotatable bonds is 6. The van der Waals surface area contributed by atoms with Gasteiger partial charge >= 0.3 is 0 Å². The minimum Gasteiger partial charge on any atom is -0.369 e. The van der Waals surface area contributed by atoms with E-state index in [-0.39, 0.29) is 6.10 Å². The van der Waals surface area contributed by atoms with E-state index in [4.69, 9.17) is 9.72 Å². The second-order valence-corrected chi connectivity index (χ2v) is 7.85. The Morgan fingerprint density at radius 1 is 1.07 bits per heavy atom. The Morgan fingerprint density at radius 3 is 2.72 bits per heavy atom. The first-order valence-corrected chi connectivity index (χ1v) is 10.5. The van der Waals surface area contributed by atoms with Gasteiger partial charge in [-0.3, -0.25) is 14.6 Å². The molecule has 5 heteroatoms. The van der Waals surface area contributed by atoms with Crippen molar-refractivity contribution in [2.24, 2.45) is 0 Å². The maximum Gasteiger partial charge on any atom is 0.112 e. The average molecular weight is 391 g/mol. The number of benzene rings is 1. The number of aryl methyl sites for hydroxylation is 3. The van der Waals surface area contributed by atoms with E-state index in [1.807, 2.05) is 4.68 Å². The Balaban J connectivity index is 1.45. The van der Waals surface area contributed by atoms with Gasteiger partial charge in [0.15, 0.2) is 0 Å². The molecule has 1 aliphatic rings. The van der Waals surface area contributed by atoms with Crippen molar-refractivity contribution in [2.45, 2.75) is 46.4 Å². The molecule has 0 aliphatic carbocycles. The molecular formula is C24H30N4O. The number of ether oxygens (including phenoxy) is 1. The highest BCUT2D eigenvalue weighted by Crippen LogP contribution is 2.23. The normalized spacial score (nSPS) is 17.6. The van der Waals surface area contributed by atoms with Crippen LogP contribution in [0.2, 0.25) is 0 Å². The summed E-state index contributed by atoms with van der Waals surface area (Å²) in [5, 5.41) is 4.58. The molecule has 0 bridgehead atoms. The van der Waals surface area contributed by atoms with Crippen LogP contribution in [0.25, 0.3) is 0 Å². The van der Waals surface area contributed by atoms with E-state index in [0.717, 1.165) is 56.3 Å². The zero-order chi connectivity index (χ0) is 20.2. The third-order valence-corrected chi connectivity index (χ3v) is 5.71. The van der Waals surface area contributed by atoms with Crippen molar-refractivity contribution in [1.82, 2.24) is 19.7 Å². The SMILES string of the molecule is CCn1cc(CN2CCOC(c3cccc(Cc4ccccc4C)n3)C2)c(C)n1. The molecule has 152 valence electrons. The quantitative estimate of drug-likeness (QED) is 0.636. The van der Waals surface area contributed by atoms with Crippen LogP contribution in [-0.4, -0.2) is 39.4 Å². The highest BCUT2D eigenvalue weighted by atomic mass is 16.5. The molecule has 1 atom stereocenters. The highest BCUT2D eigenvalue weighted by molar-refractivity contribution is 5.30. The van der Waals surface area contributed by atoms with Crippen molar-refractivity contribution in [2.75, 3.05) is 19.7 Å². The fourth-order valence-corrected chi connectivity index (χ4v) is 3.92. The van der Waals surface area contributed by atoms with Crippen molar-refractivity contribution in [1.29, 1.82) is 0 Å². The highest BCUT2D eigenvalue weighted by Gasteiger charge is 2.24. The predicted molar refractivity (Wildman–Crippen MR) is 115 cm³/mol. The van der Waals surface area contributed by atoms with E-state index in [2.05, 4.69) is 79.4 Å². The second kappa shape index (κ2) is 8.89. The van der Waals surface area contributed by atoms with E-state index in [1.165, 1.54) is 16.7 Å². The predicted octanol–water partition coefficient (Wildman–Crippen LogP) is 4.08. The number of morpholine rings is 1. The molecule has 3 heterocycles. The van der Waals surface area contributed by atoms with Gasteiger partial charge in [-0.05, 0) is 44.0 Å². The average Bonchev–Trinajstić information content (AvgIpc) is 3.10. The molecule has 0 N–H and O–H groups in total. The lowest BCUT2D eigenvalue weighted by atomic mass is 10.0. The lowest BCUT2D eigenvalue weighted by molar-refractivity contribution is -0.0351. The molecule has 0 amide bonds. The van der Waals surface area contributed by atoms with Crippen molar-refractivity contribution >= 4 is 0 Å². The molecule has 5 nitrogen and oxygen atoms in total. The summed E-state index contributed by atoms with van der Waals surface area (Å²) in [6.07, 6.45) is 3.04. The topological polar surface area (TPSA) is 43.2 Å². The first-order valence-electron chi connectivity index (χ1n) is 10.5. The van der Waals surface area contributed by atoms with Crippen LogP contribution in [-0.2, 0) is 24.2 Å². The molecule has 1 saturated heterocycles. The molecule has 1 unspecified atom stereocenters. The molecule has 29 heavy (non-hydrogen) atoms. The van der Waals surface area contributed by atoms with E-state index in [1.54, 1.807) is 0 Å². The van der Waals surface area contributed by atoms with Crippen molar-refractivity contribution in [3.8, 4) is 0 Å². The molecule has 4 rings (SSSR count). The van der Waals surface area contributed by atoms with Gasteiger partial charge in [0, 0.05) is 50.1 Å². The third-order valence-electron chi connectivity index (χ3n) is 5.71. The number of hydrogen-bond acceptors (Lipinski definition) is 4. The van der Waals surface area contributed by atoms with Crippen LogP contribution in [0.4, 0.5) is 0 Å².